The first kappa shape index (κ1) is 25.2. The second kappa shape index (κ2) is 7.07. The molecule has 0 radical (unpaired) electrons. The summed E-state index contributed by atoms with van der Waals surface area (Å²) in [5, 5.41) is 0. The lowest BCUT2D eigenvalue weighted by molar-refractivity contribution is -0.216. The van der Waals surface area contributed by atoms with E-state index < -0.39 is 62.9 Å². The summed E-state index contributed by atoms with van der Waals surface area (Å²) in [6.45, 7) is 12.3. The lowest BCUT2D eigenvalue weighted by Crippen LogP contribution is -2.71. The van der Waals surface area contributed by atoms with E-state index in [-0.39, 0.29) is 30.1 Å². The molecule has 1 heterocycles. The van der Waals surface area contributed by atoms with Crippen LogP contribution in [-0.4, -0.2) is 48.8 Å². The minimum atomic E-state index is -1.77. The van der Waals surface area contributed by atoms with Gasteiger partial charge in [-0.1, -0.05) is 32.4 Å². The predicted molar refractivity (Wildman–Crippen MR) is 126 cm³/mol. The summed E-state index contributed by atoms with van der Waals surface area (Å²) >= 11 is 0. The summed E-state index contributed by atoms with van der Waals surface area (Å²) in [4.78, 5) is 67.4. The topological polar surface area (TPSA) is 113 Å². The van der Waals surface area contributed by atoms with E-state index in [9.17, 15) is 24.0 Å². The van der Waals surface area contributed by atoms with E-state index in [2.05, 4.69) is 0 Å². The first-order valence-electron chi connectivity index (χ1n) is 12.8. The molecule has 5 rings (SSSR count). The van der Waals surface area contributed by atoms with E-state index in [1.807, 2.05) is 26.8 Å². The van der Waals surface area contributed by atoms with E-state index in [4.69, 9.17) is 14.2 Å². The van der Waals surface area contributed by atoms with Crippen LogP contribution in [0.15, 0.2) is 11.6 Å². The molecule has 0 aromatic rings. The first-order valence-corrected chi connectivity index (χ1v) is 12.8. The zero-order valence-electron chi connectivity index (χ0n) is 22.4. The molecule has 2 bridgehead atoms. The van der Waals surface area contributed by atoms with Gasteiger partial charge in [-0.25, -0.2) is 0 Å². The SMILES string of the molecule is COC(=O)[C@]12C(=O)[C@@H](C)C(=O)[C@@]1(C)C(C)=C[C@H]1[C@@]34CC[C@@H](OC(C)=O)C(C)(C)[C@@H]3[C@@H](C[C@]12C)OC4=O. The summed E-state index contributed by atoms with van der Waals surface area (Å²) < 4.78 is 17.1. The maximum absolute atomic E-state index is 14.1. The van der Waals surface area contributed by atoms with Crippen molar-refractivity contribution >= 4 is 29.5 Å². The molecule has 8 nitrogen and oxygen atoms in total. The standard InChI is InChI=1S/C28H36O8/c1-13-11-17-25(6,28(23(33)34-8)21(31)14(2)20(30)26(13,28)7)12-16-19-24(4,5)18(35-15(3)29)9-10-27(17,19)22(32)36-16/h11,14,16-19H,9-10,12H2,1-8H3/t14-,16+,17+,18+,19-,25+,26+,27-,28-/m0/s1. The average molecular weight is 501 g/mol. The number of esters is 3. The van der Waals surface area contributed by atoms with Crippen LogP contribution in [0, 0.1) is 44.8 Å². The summed E-state index contributed by atoms with van der Waals surface area (Å²) in [7, 11) is 1.25. The number of ketones is 2. The van der Waals surface area contributed by atoms with Crippen LogP contribution in [0.1, 0.15) is 67.7 Å². The van der Waals surface area contributed by atoms with Gasteiger partial charge < -0.3 is 14.2 Å². The number of hydrogen-bond acceptors (Lipinski definition) is 8. The molecule has 0 N–H and O–H groups in total. The Labute approximate surface area is 211 Å². The number of fused-ring (bicyclic) bond motifs is 3. The second-order valence-corrected chi connectivity index (χ2v) is 12.7. The molecule has 0 aromatic carbocycles. The lowest BCUT2D eigenvalue weighted by atomic mass is 9.33. The minimum Gasteiger partial charge on any atom is -0.468 e. The highest BCUT2D eigenvalue weighted by Crippen LogP contribution is 2.78. The summed E-state index contributed by atoms with van der Waals surface area (Å²) in [5.74, 6) is -3.94. The van der Waals surface area contributed by atoms with E-state index in [0.29, 0.717) is 18.4 Å². The van der Waals surface area contributed by atoms with Crippen LogP contribution in [0.3, 0.4) is 0 Å². The maximum Gasteiger partial charge on any atom is 0.321 e. The van der Waals surface area contributed by atoms with Crippen molar-refractivity contribution < 1.29 is 38.2 Å². The lowest BCUT2D eigenvalue weighted by Gasteiger charge is -2.66. The van der Waals surface area contributed by atoms with Crippen molar-refractivity contribution in [2.45, 2.75) is 79.9 Å². The maximum atomic E-state index is 14.1. The first-order chi connectivity index (χ1) is 16.6. The molecule has 8 heteroatoms. The Morgan fingerprint density at radius 3 is 2.31 bits per heavy atom. The van der Waals surface area contributed by atoms with E-state index >= 15 is 0 Å². The fourth-order valence-electron chi connectivity index (χ4n) is 9.75. The van der Waals surface area contributed by atoms with Gasteiger partial charge in [0, 0.05) is 29.6 Å². The van der Waals surface area contributed by atoms with Gasteiger partial charge in [0.1, 0.15) is 17.6 Å². The summed E-state index contributed by atoms with van der Waals surface area (Å²) in [6, 6.07) is 0. The molecule has 0 amide bonds. The van der Waals surface area contributed by atoms with Gasteiger partial charge in [0.2, 0.25) is 0 Å². The zero-order valence-corrected chi connectivity index (χ0v) is 22.4. The molecule has 0 aromatic heterocycles. The molecular weight excluding hydrogens is 464 g/mol. The fraction of sp³-hybridized carbons (Fsp3) is 0.750. The number of Topliss-reactive ketones (excluding diaryl/α,β-unsaturated/α-hetero) is 2. The van der Waals surface area contributed by atoms with Crippen molar-refractivity contribution in [1.29, 1.82) is 0 Å². The van der Waals surface area contributed by atoms with Crippen LogP contribution < -0.4 is 0 Å². The van der Waals surface area contributed by atoms with E-state index in [0.717, 1.165) is 0 Å². The van der Waals surface area contributed by atoms with Crippen molar-refractivity contribution in [3.63, 3.8) is 0 Å². The molecule has 1 aliphatic heterocycles. The number of carbonyl (C=O) groups is 5. The van der Waals surface area contributed by atoms with E-state index in [1.54, 1.807) is 20.8 Å². The van der Waals surface area contributed by atoms with Gasteiger partial charge in [0.15, 0.2) is 11.6 Å². The molecular formula is C28H36O8. The van der Waals surface area contributed by atoms with Crippen LogP contribution in [0.4, 0.5) is 0 Å². The number of allylic oxidation sites excluding steroid dienone is 2. The smallest absolute Gasteiger partial charge is 0.321 e. The molecule has 9 atom stereocenters. The van der Waals surface area contributed by atoms with Crippen molar-refractivity contribution in [2.75, 3.05) is 7.11 Å². The van der Waals surface area contributed by atoms with Gasteiger partial charge in [-0.3, -0.25) is 24.0 Å². The molecule has 4 aliphatic carbocycles. The quantitative estimate of drug-likeness (QED) is 0.246. The molecule has 3 saturated carbocycles. The Kier molecular flexibility index (Phi) is 4.94. The van der Waals surface area contributed by atoms with Gasteiger partial charge >= 0.3 is 17.9 Å². The number of ether oxygens (including phenoxy) is 3. The molecule has 4 fully saturated rings. The van der Waals surface area contributed by atoms with Gasteiger partial charge in [0.05, 0.1) is 23.9 Å². The van der Waals surface area contributed by atoms with Crippen LogP contribution in [0.5, 0.6) is 0 Å². The third kappa shape index (κ3) is 2.31. The highest BCUT2D eigenvalue weighted by Gasteiger charge is 2.86. The van der Waals surface area contributed by atoms with Gasteiger partial charge in [-0.2, -0.15) is 0 Å². The molecule has 0 spiro atoms. The van der Waals surface area contributed by atoms with Gasteiger partial charge in [-0.05, 0) is 40.0 Å². The Balaban J connectivity index is 1.79. The highest BCUT2D eigenvalue weighted by molar-refractivity contribution is 6.25. The average Bonchev–Trinajstić information content (AvgIpc) is 3.12. The molecule has 36 heavy (non-hydrogen) atoms. The second-order valence-electron chi connectivity index (χ2n) is 12.7. The van der Waals surface area contributed by atoms with E-state index in [1.165, 1.54) is 14.0 Å². The van der Waals surface area contributed by atoms with Crippen LogP contribution in [0.2, 0.25) is 0 Å². The third-order valence-electron chi connectivity index (χ3n) is 11.1. The van der Waals surface area contributed by atoms with Crippen molar-refractivity contribution in [3.8, 4) is 0 Å². The van der Waals surface area contributed by atoms with Crippen LogP contribution >= 0.6 is 0 Å². The predicted octanol–water partition coefficient (Wildman–Crippen LogP) is 3.21. The summed E-state index contributed by atoms with van der Waals surface area (Å²) in [5.41, 5.74) is -5.23. The molecule has 5 aliphatic rings. The monoisotopic (exact) mass is 500 g/mol. The number of carbonyl (C=O) groups excluding carboxylic acids is 5. The normalized spacial score (nSPS) is 48.3. The Morgan fingerprint density at radius 2 is 1.72 bits per heavy atom. The van der Waals surface area contributed by atoms with Gasteiger partial charge in [0.25, 0.3) is 0 Å². The van der Waals surface area contributed by atoms with Crippen LogP contribution in [-0.2, 0) is 38.2 Å². The highest BCUT2D eigenvalue weighted by atomic mass is 16.6. The zero-order chi connectivity index (χ0) is 26.8. The Bertz CT molecular complexity index is 1150. The number of hydrogen-bond donors (Lipinski definition) is 0. The summed E-state index contributed by atoms with van der Waals surface area (Å²) in [6.07, 6.45) is 2.07. The molecule has 0 unspecified atom stereocenters. The minimum absolute atomic E-state index is 0.228. The number of rotatable bonds is 2. The third-order valence-corrected chi connectivity index (χ3v) is 11.1. The molecule has 1 saturated heterocycles. The Hall–Kier alpha value is -2.51. The van der Waals surface area contributed by atoms with Crippen LogP contribution in [0.25, 0.3) is 0 Å². The van der Waals surface area contributed by atoms with Gasteiger partial charge in [-0.15, -0.1) is 0 Å². The van der Waals surface area contributed by atoms with Crippen molar-refractivity contribution in [2.24, 2.45) is 44.8 Å². The number of methoxy groups -OCH3 is 1. The fourth-order valence-corrected chi connectivity index (χ4v) is 9.75. The largest absolute Gasteiger partial charge is 0.468 e. The van der Waals surface area contributed by atoms with Crippen molar-refractivity contribution in [3.05, 3.63) is 11.6 Å². The Morgan fingerprint density at radius 1 is 1.08 bits per heavy atom. The molecule has 196 valence electrons. The van der Waals surface area contributed by atoms with Crippen molar-refractivity contribution in [1.82, 2.24) is 0 Å².